The van der Waals surface area contributed by atoms with Crippen LogP contribution >= 0.6 is 11.3 Å². The minimum absolute atomic E-state index is 0.876. The van der Waals surface area contributed by atoms with Crippen molar-refractivity contribution in [2.45, 2.75) is 0 Å². The summed E-state index contributed by atoms with van der Waals surface area (Å²) in [5, 5.41) is 7.25. The maximum atomic E-state index is 6.48. The van der Waals surface area contributed by atoms with Crippen molar-refractivity contribution in [3.63, 3.8) is 0 Å². The lowest BCUT2D eigenvalue weighted by Gasteiger charge is -2.32. The zero-order valence-corrected chi connectivity index (χ0v) is 33.9. The highest BCUT2D eigenvalue weighted by Gasteiger charge is 2.25. The van der Waals surface area contributed by atoms with Crippen LogP contribution < -0.4 is 4.90 Å². The molecule has 0 saturated heterocycles. The van der Waals surface area contributed by atoms with Gasteiger partial charge in [-0.25, -0.2) is 0 Å². The molecule has 61 heavy (non-hydrogen) atoms. The topological polar surface area (TPSA) is 16.4 Å². The number of thiophene rings is 1. The van der Waals surface area contributed by atoms with Crippen molar-refractivity contribution in [3.05, 3.63) is 224 Å². The number of nitrogens with zero attached hydrogens (tertiary/aromatic N) is 1. The molecule has 286 valence electrons. The second-order valence-corrected chi connectivity index (χ2v) is 16.6. The predicted molar refractivity (Wildman–Crippen MR) is 261 cm³/mol. The fraction of sp³-hybridized carbons (Fsp3) is 0. The van der Waals surface area contributed by atoms with Gasteiger partial charge in [-0.3, -0.25) is 0 Å². The molecule has 2 heterocycles. The lowest BCUT2D eigenvalue weighted by Crippen LogP contribution is -2.13. The van der Waals surface area contributed by atoms with E-state index in [9.17, 15) is 0 Å². The predicted octanol–water partition coefficient (Wildman–Crippen LogP) is 17.2. The van der Waals surface area contributed by atoms with E-state index in [4.69, 9.17) is 4.42 Å². The van der Waals surface area contributed by atoms with Gasteiger partial charge in [0.2, 0.25) is 0 Å². The summed E-state index contributed by atoms with van der Waals surface area (Å²) in [5.74, 6) is 0. The molecule has 0 spiro atoms. The van der Waals surface area contributed by atoms with Gasteiger partial charge in [-0.05, 0) is 87.1 Å². The van der Waals surface area contributed by atoms with Crippen molar-refractivity contribution in [3.8, 4) is 44.5 Å². The van der Waals surface area contributed by atoms with E-state index in [2.05, 4.69) is 217 Å². The fourth-order valence-corrected chi connectivity index (χ4v) is 10.5. The van der Waals surface area contributed by atoms with Crippen molar-refractivity contribution in [1.82, 2.24) is 0 Å². The Morgan fingerprint density at radius 1 is 0.311 bits per heavy atom. The van der Waals surface area contributed by atoms with Gasteiger partial charge >= 0.3 is 0 Å². The molecule has 12 aromatic rings. The lowest BCUT2D eigenvalue weighted by molar-refractivity contribution is 0.669. The third-order valence-electron chi connectivity index (χ3n) is 12.1. The van der Waals surface area contributed by atoms with Crippen LogP contribution in [0.1, 0.15) is 0 Å². The summed E-state index contributed by atoms with van der Waals surface area (Å²) in [6, 6.07) is 81.3. The minimum atomic E-state index is 0.876. The summed E-state index contributed by atoms with van der Waals surface area (Å²) in [4.78, 5) is 2.50. The van der Waals surface area contributed by atoms with Gasteiger partial charge in [-0.2, -0.15) is 0 Å². The summed E-state index contributed by atoms with van der Waals surface area (Å²) >= 11 is 1.86. The number of hydrogen-bond donors (Lipinski definition) is 0. The van der Waals surface area contributed by atoms with E-state index >= 15 is 0 Å². The average molecular weight is 796 g/mol. The molecule has 0 aliphatic rings. The van der Waals surface area contributed by atoms with E-state index in [1.165, 1.54) is 53.2 Å². The molecule has 0 saturated carbocycles. The average Bonchev–Trinajstić information content (AvgIpc) is 3.90. The highest BCUT2D eigenvalue weighted by molar-refractivity contribution is 7.25. The van der Waals surface area contributed by atoms with E-state index in [1.807, 2.05) is 23.5 Å². The second kappa shape index (κ2) is 14.5. The normalized spacial score (nSPS) is 11.6. The van der Waals surface area contributed by atoms with E-state index < -0.39 is 0 Å². The maximum Gasteiger partial charge on any atom is 0.136 e. The molecule has 0 aliphatic heterocycles. The molecule has 10 aromatic carbocycles. The Hall–Kier alpha value is -7.72. The second-order valence-electron chi connectivity index (χ2n) is 15.5. The molecule has 0 aliphatic carbocycles. The van der Waals surface area contributed by atoms with E-state index in [1.54, 1.807) is 0 Å². The quantitative estimate of drug-likeness (QED) is 0.160. The molecule has 3 heteroatoms. The number of fused-ring (bicyclic) bond motifs is 7. The number of hydrogen-bond acceptors (Lipinski definition) is 3. The van der Waals surface area contributed by atoms with Crippen molar-refractivity contribution in [2.75, 3.05) is 4.90 Å². The van der Waals surface area contributed by atoms with E-state index in [0.29, 0.717) is 0 Å². The van der Waals surface area contributed by atoms with Gasteiger partial charge in [0, 0.05) is 47.6 Å². The third kappa shape index (κ3) is 5.85. The van der Waals surface area contributed by atoms with Crippen LogP contribution in [0, 0.1) is 0 Å². The minimum Gasteiger partial charge on any atom is -0.456 e. The van der Waals surface area contributed by atoms with Crippen LogP contribution in [0.5, 0.6) is 0 Å². The molecule has 0 bridgehead atoms. The Morgan fingerprint density at radius 3 is 1.59 bits per heavy atom. The Kier molecular flexibility index (Phi) is 8.39. The molecule has 2 nitrogen and oxygen atoms in total. The van der Waals surface area contributed by atoms with Crippen molar-refractivity contribution >= 4 is 81.3 Å². The SMILES string of the molecule is c1ccc(-c2cccc3cccc(-c4ccccc4N(c4ccccc4-c4ccc5c(c4)oc4ccccc45)c4ccccc4-c4cccc5sc6ccccc6c45)c23)cc1. The first-order valence-electron chi connectivity index (χ1n) is 20.8. The van der Waals surface area contributed by atoms with Gasteiger partial charge in [0.15, 0.2) is 0 Å². The zero-order chi connectivity index (χ0) is 40.3. The maximum absolute atomic E-state index is 6.48. The van der Waals surface area contributed by atoms with Crippen LogP contribution in [0.3, 0.4) is 0 Å². The van der Waals surface area contributed by atoms with Gasteiger partial charge in [-0.15, -0.1) is 11.3 Å². The summed E-state index contributed by atoms with van der Waals surface area (Å²) < 4.78 is 9.06. The molecular formula is C58H37NOS. The molecule has 2 aromatic heterocycles. The molecule has 12 rings (SSSR count). The van der Waals surface area contributed by atoms with Gasteiger partial charge in [-0.1, -0.05) is 176 Å². The third-order valence-corrected chi connectivity index (χ3v) is 13.2. The zero-order valence-electron chi connectivity index (χ0n) is 33.1. The van der Waals surface area contributed by atoms with E-state index in [0.717, 1.165) is 61.3 Å². The van der Waals surface area contributed by atoms with Gasteiger partial charge in [0.1, 0.15) is 11.2 Å². The van der Waals surface area contributed by atoms with Gasteiger partial charge in [0.25, 0.3) is 0 Å². The Bertz CT molecular complexity index is 3610. The molecule has 0 unspecified atom stereocenters. The molecule has 0 amide bonds. The van der Waals surface area contributed by atoms with Gasteiger partial charge in [0.05, 0.1) is 17.1 Å². The summed E-state index contributed by atoms with van der Waals surface area (Å²) in [6.07, 6.45) is 0. The van der Waals surface area contributed by atoms with Crippen LogP contribution in [-0.2, 0) is 0 Å². The lowest BCUT2D eigenvalue weighted by atomic mass is 9.90. The first-order chi connectivity index (χ1) is 30.3. The first-order valence-corrected chi connectivity index (χ1v) is 21.6. The van der Waals surface area contributed by atoms with Crippen molar-refractivity contribution in [2.24, 2.45) is 0 Å². The van der Waals surface area contributed by atoms with Crippen molar-refractivity contribution in [1.29, 1.82) is 0 Å². The molecule has 0 fully saturated rings. The number of benzene rings is 10. The first kappa shape index (κ1) is 35.2. The summed E-state index contributed by atoms with van der Waals surface area (Å²) in [5.41, 5.74) is 14.3. The van der Waals surface area contributed by atoms with Crippen molar-refractivity contribution < 1.29 is 4.42 Å². The smallest absolute Gasteiger partial charge is 0.136 e. The number of anilines is 3. The summed E-state index contributed by atoms with van der Waals surface area (Å²) in [6.45, 7) is 0. The van der Waals surface area contributed by atoms with Crippen LogP contribution in [0.2, 0.25) is 0 Å². The highest BCUT2D eigenvalue weighted by Crippen LogP contribution is 2.51. The number of para-hydroxylation sites is 4. The van der Waals surface area contributed by atoms with Crippen LogP contribution in [0.4, 0.5) is 17.1 Å². The molecule has 0 N–H and O–H groups in total. The molecular weight excluding hydrogens is 759 g/mol. The fourth-order valence-electron chi connectivity index (χ4n) is 9.41. The number of rotatable bonds is 7. The monoisotopic (exact) mass is 795 g/mol. The van der Waals surface area contributed by atoms with Crippen LogP contribution in [-0.4, -0.2) is 0 Å². The Morgan fingerprint density at radius 2 is 0.836 bits per heavy atom. The number of furan rings is 1. The van der Waals surface area contributed by atoms with E-state index in [-0.39, 0.29) is 0 Å². The van der Waals surface area contributed by atoms with Crippen LogP contribution in [0.25, 0.3) is 97.4 Å². The molecule has 0 atom stereocenters. The standard InChI is InChI=1S/C58H37NOS/c1-2-17-38(18-3-1)42-26-14-19-39-20-15-27-47(57(39)42)43-22-5-10-30-51(43)59(50-29-9-4-21-41(50)40-35-36-46-45-24-7-12-32-53(45)60-54(46)37-40)52-31-11-6-23-44(52)48-28-16-34-56-58(48)49-25-8-13-33-55(49)61-56/h1-37H. The highest BCUT2D eigenvalue weighted by atomic mass is 32.1. The van der Waals surface area contributed by atoms with Crippen LogP contribution in [0.15, 0.2) is 229 Å². The molecule has 0 radical (unpaired) electrons. The Labute approximate surface area is 357 Å². The van der Waals surface area contributed by atoms with Gasteiger partial charge < -0.3 is 9.32 Å². The summed E-state index contributed by atoms with van der Waals surface area (Å²) in [7, 11) is 0. The largest absolute Gasteiger partial charge is 0.456 e. The Balaban J connectivity index is 1.15.